The Kier molecular flexibility index (Phi) is 6.54. The molecule has 0 aromatic heterocycles. The zero-order valence-corrected chi connectivity index (χ0v) is 14.1. The van der Waals surface area contributed by atoms with Crippen LogP contribution < -0.4 is 4.74 Å². The molecule has 0 fully saturated rings. The summed E-state index contributed by atoms with van der Waals surface area (Å²) in [6.45, 7) is 4.87. The average molecular weight is 315 g/mol. The Hall–Kier alpha value is -1.73. The molecular formula is C20H23ClO. The molecular weight excluding hydrogens is 292 g/mol. The fraction of sp³-hybridized carbons (Fsp3) is 0.300. The molecule has 0 heterocycles. The Morgan fingerprint density at radius 1 is 1.00 bits per heavy atom. The number of ether oxygens (including phenoxy) is 1. The number of benzene rings is 2. The SMILES string of the molecule is CCCCc1ccc(C=C(Cl)c2ccc(OCC)cc2)cc1. The molecule has 0 radical (unpaired) electrons. The third-order valence-corrected chi connectivity index (χ3v) is 3.86. The predicted octanol–water partition coefficient (Wildman–Crippen LogP) is 6.16. The third kappa shape index (κ3) is 4.92. The van der Waals surface area contributed by atoms with Gasteiger partial charge >= 0.3 is 0 Å². The molecule has 0 aliphatic carbocycles. The summed E-state index contributed by atoms with van der Waals surface area (Å²) in [4.78, 5) is 0. The van der Waals surface area contributed by atoms with Crippen LogP contribution in [0.1, 0.15) is 43.4 Å². The van der Waals surface area contributed by atoms with Crippen molar-refractivity contribution < 1.29 is 4.74 Å². The van der Waals surface area contributed by atoms with Gasteiger partial charge in [-0.3, -0.25) is 0 Å². The Morgan fingerprint density at radius 3 is 2.27 bits per heavy atom. The predicted molar refractivity (Wildman–Crippen MR) is 96.4 cm³/mol. The van der Waals surface area contributed by atoms with Gasteiger partial charge in [0.2, 0.25) is 0 Å². The molecule has 0 saturated heterocycles. The maximum absolute atomic E-state index is 6.41. The van der Waals surface area contributed by atoms with Crippen LogP contribution in [0.4, 0.5) is 0 Å². The van der Waals surface area contributed by atoms with E-state index in [0.29, 0.717) is 6.61 Å². The van der Waals surface area contributed by atoms with Crippen LogP contribution in [0.25, 0.3) is 11.1 Å². The first-order valence-corrected chi connectivity index (χ1v) is 8.30. The fourth-order valence-electron chi connectivity index (χ4n) is 2.27. The Bertz CT molecular complexity index is 597. The van der Waals surface area contributed by atoms with Gasteiger partial charge in [0.15, 0.2) is 0 Å². The van der Waals surface area contributed by atoms with Crippen molar-refractivity contribution in [1.82, 2.24) is 0 Å². The van der Waals surface area contributed by atoms with E-state index < -0.39 is 0 Å². The standard InChI is InChI=1S/C20H23ClO/c1-3-5-6-16-7-9-17(10-8-16)15-20(21)18-11-13-19(14-12-18)22-4-2/h7-15H,3-6H2,1-2H3. The molecule has 2 rings (SSSR count). The van der Waals surface area contributed by atoms with Crippen LogP contribution in [0, 0.1) is 0 Å². The highest BCUT2D eigenvalue weighted by Crippen LogP contribution is 2.24. The number of aryl methyl sites for hydroxylation is 1. The molecule has 0 atom stereocenters. The zero-order valence-electron chi connectivity index (χ0n) is 13.3. The molecule has 116 valence electrons. The van der Waals surface area contributed by atoms with Crippen molar-refractivity contribution in [1.29, 1.82) is 0 Å². The summed E-state index contributed by atoms with van der Waals surface area (Å²) in [6.07, 6.45) is 5.61. The second-order valence-electron chi connectivity index (χ2n) is 5.29. The largest absolute Gasteiger partial charge is 0.494 e. The second-order valence-corrected chi connectivity index (χ2v) is 5.70. The van der Waals surface area contributed by atoms with Gasteiger partial charge in [-0.1, -0.05) is 49.2 Å². The number of halogens is 1. The van der Waals surface area contributed by atoms with Crippen molar-refractivity contribution >= 4 is 22.7 Å². The molecule has 2 aromatic carbocycles. The molecule has 0 unspecified atom stereocenters. The van der Waals surface area contributed by atoms with Crippen molar-refractivity contribution in [2.75, 3.05) is 6.61 Å². The van der Waals surface area contributed by atoms with Gasteiger partial charge in [-0.05, 0) is 66.8 Å². The lowest BCUT2D eigenvalue weighted by Gasteiger charge is -2.05. The lowest BCUT2D eigenvalue weighted by molar-refractivity contribution is 0.340. The third-order valence-electron chi connectivity index (χ3n) is 3.53. The first-order valence-electron chi connectivity index (χ1n) is 7.92. The Morgan fingerprint density at radius 2 is 1.68 bits per heavy atom. The molecule has 0 aliphatic heterocycles. The Balaban J connectivity index is 2.07. The van der Waals surface area contributed by atoms with Gasteiger partial charge in [-0.2, -0.15) is 0 Å². The Labute approximate surface area is 138 Å². The van der Waals surface area contributed by atoms with Gasteiger partial charge in [0.1, 0.15) is 5.75 Å². The van der Waals surface area contributed by atoms with Crippen LogP contribution in [0.3, 0.4) is 0 Å². The van der Waals surface area contributed by atoms with E-state index >= 15 is 0 Å². The van der Waals surface area contributed by atoms with Crippen LogP contribution >= 0.6 is 11.6 Å². The van der Waals surface area contributed by atoms with E-state index in [4.69, 9.17) is 16.3 Å². The lowest BCUT2D eigenvalue weighted by Crippen LogP contribution is -1.90. The molecule has 22 heavy (non-hydrogen) atoms. The molecule has 0 amide bonds. The van der Waals surface area contributed by atoms with E-state index in [0.717, 1.165) is 28.3 Å². The van der Waals surface area contributed by atoms with Gasteiger partial charge in [0.25, 0.3) is 0 Å². The van der Waals surface area contributed by atoms with Gasteiger partial charge in [0.05, 0.1) is 6.61 Å². The highest BCUT2D eigenvalue weighted by atomic mass is 35.5. The molecule has 0 aliphatic rings. The van der Waals surface area contributed by atoms with Crippen LogP contribution in [0.5, 0.6) is 5.75 Å². The summed E-state index contributed by atoms with van der Waals surface area (Å²) < 4.78 is 5.44. The summed E-state index contributed by atoms with van der Waals surface area (Å²) in [5.41, 5.74) is 3.51. The minimum absolute atomic E-state index is 0.674. The molecule has 0 bridgehead atoms. The van der Waals surface area contributed by atoms with Crippen LogP contribution in [0.15, 0.2) is 48.5 Å². The van der Waals surface area contributed by atoms with Crippen LogP contribution in [-0.4, -0.2) is 6.61 Å². The van der Waals surface area contributed by atoms with E-state index in [1.807, 2.05) is 37.3 Å². The van der Waals surface area contributed by atoms with Gasteiger partial charge in [-0.15, -0.1) is 0 Å². The summed E-state index contributed by atoms with van der Waals surface area (Å²) >= 11 is 6.41. The molecule has 0 N–H and O–H groups in total. The second kappa shape index (κ2) is 8.65. The van der Waals surface area contributed by atoms with Crippen molar-refractivity contribution in [2.24, 2.45) is 0 Å². The topological polar surface area (TPSA) is 9.23 Å². The highest BCUT2D eigenvalue weighted by molar-refractivity contribution is 6.51. The quantitative estimate of drug-likeness (QED) is 0.556. The molecule has 2 heteroatoms. The summed E-state index contributed by atoms with van der Waals surface area (Å²) in [5.74, 6) is 0.871. The van der Waals surface area contributed by atoms with Gasteiger partial charge < -0.3 is 4.74 Å². The van der Waals surface area contributed by atoms with E-state index in [9.17, 15) is 0 Å². The van der Waals surface area contributed by atoms with E-state index in [2.05, 4.69) is 31.2 Å². The summed E-state index contributed by atoms with van der Waals surface area (Å²) in [5, 5.41) is 0.740. The van der Waals surface area contributed by atoms with E-state index in [1.54, 1.807) is 0 Å². The molecule has 0 saturated carbocycles. The maximum Gasteiger partial charge on any atom is 0.119 e. The molecule has 0 spiro atoms. The first kappa shape index (κ1) is 16.6. The average Bonchev–Trinajstić information content (AvgIpc) is 2.55. The monoisotopic (exact) mass is 314 g/mol. The number of unbranched alkanes of at least 4 members (excludes halogenated alkanes) is 1. The van der Waals surface area contributed by atoms with Crippen LogP contribution in [0.2, 0.25) is 0 Å². The minimum atomic E-state index is 0.674. The van der Waals surface area contributed by atoms with Crippen molar-refractivity contribution in [3.8, 4) is 5.75 Å². The maximum atomic E-state index is 6.41. The smallest absolute Gasteiger partial charge is 0.119 e. The van der Waals surface area contributed by atoms with E-state index in [-0.39, 0.29) is 0 Å². The fourth-order valence-corrected chi connectivity index (χ4v) is 2.52. The number of rotatable bonds is 7. The van der Waals surface area contributed by atoms with Gasteiger partial charge in [0, 0.05) is 5.03 Å². The first-order chi connectivity index (χ1) is 10.7. The van der Waals surface area contributed by atoms with E-state index in [1.165, 1.54) is 18.4 Å². The van der Waals surface area contributed by atoms with Crippen molar-refractivity contribution in [3.63, 3.8) is 0 Å². The minimum Gasteiger partial charge on any atom is -0.494 e. The molecule has 2 aromatic rings. The zero-order chi connectivity index (χ0) is 15.8. The van der Waals surface area contributed by atoms with Crippen molar-refractivity contribution in [3.05, 3.63) is 65.2 Å². The lowest BCUT2D eigenvalue weighted by atomic mass is 10.1. The number of hydrogen-bond acceptors (Lipinski definition) is 1. The summed E-state index contributed by atoms with van der Waals surface area (Å²) in [7, 11) is 0. The highest BCUT2D eigenvalue weighted by Gasteiger charge is 2.00. The normalized spacial score (nSPS) is 11.5. The summed E-state index contributed by atoms with van der Waals surface area (Å²) in [6, 6.07) is 16.5. The van der Waals surface area contributed by atoms with Crippen LogP contribution in [-0.2, 0) is 6.42 Å². The number of hydrogen-bond donors (Lipinski definition) is 0. The molecule has 1 nitrogen and oxygen atoms in total. The van der Waals surface area contributed by atoms with Crippen molar-refractivity contribution in [2.45, 2.75) is 33.1 Å². The van der Waals surface area contributed by atoms with Gasteiger partial charge in [-0.25, -0.2) is 0 Å².